The van der Waals surface area contributed by atoms with E-state index in [4.69, 9.17) is 24.4 Å². The van der Waals surface area contributed by atoms with Crippen LogP contribution in [0.3, 0.4) is 0 Å². The van der Waals surface area contributed by atoms with Crippen molar-refractivity contribution in [1.29, 1.82) is 0 Å². The molecule has 7 aromatic rings. The number of anilines is 3. The standard InChI is InChI=1S/C73H79N10O5.HI/c1-10-82-63-35-29-51(86-8)45-56(63)71(3,4)65(82)37-27-48-19-17-20-49(28-38-66-72(5,6)57-46-52(87-9)30-36-64(57)83(66)11-2)70(48)81-43-41-80(42-44-81)67(84)39-40-68(85)88-47-73(7)74-61-26-18-25-55-60(33-34-62(75-73)69(55)61)79-78-59-32-31-58(53-23-15-16-24-54(53)59)77-76-50-21-13-12-14-22-50;/h12-16,18,21-38,45-46,74-75H,10-11,17,19-20,39-44,47H2,1-9H3;1H/q+1;/p-1/b77-76+,79-78+;. The van der Waals surface area contributed by atoms with Gasteiger partial charge < -0.3 is 63.5 Å². The summed E-state index contributed by atoms with van der Waals surface area (Å²) in [7, 11) is 3.46. The van der Waals surface area contributed by atoms with Gasteiger partial charge in [-0.3, -0.25) is 9.59 Å². The highest BCUT2D eigenvalue weighted by molar-refractivity contribution is 6.10. The van der Waals surface area contributed by atoms with Crippen LogP contribution in [0.25, 0.3) is 21.5 Å². The highest BCUT2D eigenvalue weighted by Gasteiger charge is 2.45. The van der Waals surface area contributed by atoms with E-state index in [1.54, 1.807) is 14.2 Å². The highest BCUT2D eigenvalue weighted by atomic mass is 127. The van der Waals surface area contributed by atoms with E-state index in [0.29, 0.717) is 37.6 Å². The van der Waals surface area contributed by atoms with Gasteiger partial charge in [0.2, 0.25) is 11.6 Å². The number of allylic oxidation sites excluding steroid dienone is 7. The number of carbonyl (C=O) groups excluding carboxylic acids is 2. The van der Waals surface area contributed by atoms with Gasteiger partial charge in [0.1, 0.15) is 30.3 Å². The number of halogens is 1. The van der Waals surface area contributed by atoms with E-state index in [9.17, 15) is 9.59 Å². The lowest BCUT2D eigenvalue weighted by molar-refractivity contribution is -0.433. The Morgan fingerprint density at radius 2 is 1.27 bits per heavy atom. The molecule has 0 radical (unpaired) electrons. The Morgan fingerprint density at radius 1 is 0.640 bits per heavy atom. The molecule has 0 aromatic heterocycles. The van der Waals surface area contributed by atoms with Gasteiger partial charge >= 0.3 is 5.97 Å². The molecule has 5 aliphatic rings. The Balaban J connectivity index is 0.00000817. The molecule has 12 rings (SSSR count). The molecule has 1 unspecified atom stereocenters. The second kappa shape index (κ2) is 25.8. The third kappa shape index (κ3) is 12.2. The first kappa shape index (κ1) is 62.0. The first-order valence-electron chi connectivity index (χ1n) is 30.9. The van der Waals surface area contributed by atoms with Crippen LogP contribution in [0.2, 0.25) is 0 Å². The molecule has 7 aromatic carbocycles. The number of rotatable bonds is 17. The molecule has 1 saturated heterocycles. The third-order valence-electron chi connectivity index (χ3n) is 18.2. The minimum absolute atomic E-state index is 0. The van der Waals surface area contributed by atoms with Gasteiger partial charge in [-0.05, 0) is 149 Å². The van der Waals surface area contributed by atoms with Crippen LogP contribution >= 0.6 is 0 Å². The summed E-state index contributed by atoms with van der Waals surface area (Å²) in [5, 5.41) is 29.4. The van der Waals surface area contributed by atoms with Crippen LogP contribution in [0.5, 0.6) is 11.5 Å². The van der Waals surface area contributed by atoms with Crippen LogP contribution in [0, 0.1) is 0 Å². The fraction of sp³-hybridized carbons (Fsp3) is 0.329. The summed E-state index contributed by atoms with van der Waals surface area (Å²) in [6.45, 7) is 19.8. The zero-order valence-corrected chi connectivity index (χ0v) is 54.7. The highest BCUT2D eigenvalue weighted by Crippen LogP contribution is 2.50. The number of hydrogen-bond donors (Lipinski definition) is 2. The van der Waals surface area contributed by atoms with Crippen LogP contribution in [-0.2, 0) is 25.2 Å². The number of hydrogen-bond acceptors (Lipinski definition) is 13. The quantitative estimate of drug-likeness (QED) is 0.0393. The molecule has 4 aliphatic heterocycles. The molecule has 2 N–H and O–H groups in total. The van der Waals surface area contributed by atoms with Crippen molar-refractivity contribution in [2.45, 2.75) is 97.1 Å². The monoisotopic (exact) mass is 1300 g/mol. The van der Waals surface area contributed by atoms with Crippen molar-refractivity contribution in [3.63, 3.8) is 0 Å². The second-order valence-electron chi connectivity index (χ2n) is 24.6. The number of carbonyl (C=O) groups is 2. The fourth-order valence-electron chi connectivity index (χ4n) is 13.6. The number of nitrogens with zero attached hydrogens (tertiary/aromatic N) is 8. The molecule has 1 atom stereocenters. The van der Waals surface area contributed by atoms with Gasteiger partial charge in [0.15, 0.2) is 5.71 Å². The number of benzene rings is 7. The van der Waals surface area contributed by atoms with Gasteiger partial charge in [0, 0.05) is 112 Å². The van der Waals surface area contributed by atoms with Crippen molar-refractivity contribution in [2.24, 2.45) is 20.5 Å². The molecule has 1 aliphatic carbocycles. The summed E-state index contributed by atoms with van der Waals surface area (Å²) in [5.74, 6) is 1.25. The largest absolute Gasteiger partial charge is 1.00 e. The van der Waals surface area contributed by atoms with E-state index in [2.05, 4.69) is 137 Å². The van der Waals surface area contributed by atoms with E-state index in [-0.39, 0.29) is 60.2 Å². The number of piperazine rings is 1. The molecule has 1 fully saturated rings. The first-order valence-corrected chi connectivity index (χ1v) is 30.9. The Hall–Kier alpha value is -8.64. The Bertz CT molecular complexity index is 4100. The minimum Gasteiger partial charge on any atom is -1.00 e. The summed E-state index contributed by atoms with van der Waals surface area (Å²) < 4.78 is 19.8. The number of amides is 1. The van der Waals surface area contributed by atoms with Gasteiger partial charge in [-0.2, -0.15) is 9.69 Å². The van der Waals surface area contributed by atoms with Crippen molar-refractivity contribution in [3.8, 4) is 11.5 Å². The maximum absolute atomic E-state index is 14.0. The average molecular weight is 1300 g/mol. The maximum Gasteiger partial charge on any atom is 0.306 e. The third-order valence-corrected chi connectivity index (χ3v) is 18.2. The molecule has 1 amide bonds. The number of nitrogens with one attached hydrogen (secondary N) is 2. The van der Waals surface area contributed by atoms with Crippen molar-refractivity contribution in [3.05, 3.63) is 191 Å². The molecule has 4 heterocycles. The maximum atomic E-state index is 14.0. The summed E-state index contributed by atoms with van der Waals surface area (Å²) >= 11 is 0. The van der Waals surface area contributed by atoms with Gasteiger partial charge in [0.05, 0.1) is 48.8 Å². The number of likely N-dealkylation sites (N-methyl/N-ethyl adjacent to an activating group) is 1. The van der Waals surface area contributed by atoms with Gasteiger partial charge in [-0.25, -0.2) is 0 Å². The molecule has 0 spiro atoms. The molecule has 458 valence electrons. The lowest BCUT2D eigenvalue weighted by atomic mass is 9.80. The summed E-state index contributed by atoms with van der Waals surface area (Å²) in [6, 6.07) is 44.3. The molecule has 89 heavy (non-hydrogen) atoms. The average Bonchev–Trinajstić information content (AvgIpc) is 1.67. The molecular weight excluding hydrogens is 1220 g/mol. The van der Waals surface area contributed by atoms with Crippen LogP contribution in [0.1, 0.15) is 91.7 Å². The fourth-order valence-corrected chi connectivity index (χ4v) is 13.6. The Morgan fingerprint density at radius 3 is 1.96 bits per heavy atom. The van der Waals surface area contributed by atoms with E-state index < -0.39 is 11.6 Å². The number of ether oxygens (including phenoxy) is 3. The Kier molecular flexibility index (Phi) is 18.0. The number of esters is 1. The molecule has 0 bridgehead atoms. The normalized spacial score (nSPS) is 19.4. The van der Waals surface area contributed by atoms with Crippen LogP contribution in [0.4, 0.5) is 45.5 Å². The van der Waals surface area contributed by atoms with Gasteiger partial charge in [-0.1, -0.05) is 80.6 Å². The number of fused-ring (bicyclic) bond motifs is 3. The number of methoxy groups -OCH3 is 2. The lowest BCUT2D eigenvalue weighted by Crippen LogP contribution is -3.00. The molecular formula is C73H79IN10O5. The summed E-state index contributed by atoms with van der Waals surface area (Å²) in [6.07, 6.45) is 12.4. The van der Waals surface area contributed by atoms with Crippen LogP contribution in [0.15, 0.2) is 201 Å². The zero-order chi connectivity index (χ0) is 61.3. The van der Waals surface area contributed by atoms with E-state index >= 15 is 0 Å². The SMILES string of the molecule is CCN1/C(=C/C=C2\CCCC(/C=C/C3=[N+](CC)c4ccc(OC)cc4C3(C)C)=C2N2CCN(C(=O)CCC(=O)OCC3(C)Nc4cccc5c(/N=N/c6ccc(/N=N/c7ccccc7)c7ccccc67)ccc(c45)N3)CC2)C(C)(C)c2cc(OC)ccc21.[I-]. The van der Waals surface area contributed by atoms with Crippen LogP contribution in [-0.4, -0.2) is 97.7 Å². The van der Waals surface area contributed by atoms with Crippen molar-refractivity contribution < 1.29 is 52.4 Å². The number of azo groups is 2. The van der Waals surface area contributed by atoms with Crippen molar-refractivity contribution in [1.82, 2.24) is 9.80 Å². The molecule has 0 saturated carbocycles. The van der Waals surface area contributed by atoms with Crippen molar-refractivity contribution in [2.75, 3.05) is 75.6 Å². The predicted molar refractivity (Wildman–Crippen MR) is 353 cm³/mol. The van der Waals surface area contributed by atoms with E-state index in [0.717, 1.165) is 88.1 Å². The molecule has 15 nitrogen and oxygen atoms in total. The smallest absolute Gasteiger partial charge is 0.306 e. The lowest BCUT2D eigenvalue weighted by Gasteiger charge is -2.40. The van der Waals surface area contributed by atoms with Crippen LogP contribution < -0.4 is 49.0 Å². The summed E-state index contributed by atoms with van der Waals surface area (Å²) in [5.41, 5.74) is 14.7. The molecule has 16 heteroatoms. The van der Waals surface area contributed by atoms with Gasteiger partial charge in [0.25, 0.3) is 0 Å². The Labute approximate surface area is 539 Å². The minimum atomic E-state index is -0.827. The topological polar surface area (TPSA) is 148 Å². The predicted octanol–water partition coefficient (Wildman–Crippen LogP) is 13.6. The second-order valence-corrected chi connectivity index (χ2v) is 24.6. The van der Waals surface area contributed by atoms with E-state index in [1.165, 1.54) is 50.8 Å². The summed E-state index contributed by atoms with van der Waals surface area (Å²) in [4.78, 5) is 34.4. The van der Waals surface area contributed by atoms with Gasteiger partial charge in [-0.15, -0.1) is 15.3 Å². The van der Waals surface area contributed by atoms with E-state index in [1.807, 2.05) is 109 Å². The zero-order valence-electron chi connectivity index (χ0n) is 52.5. The van der Waals surface area contributed by atoms with Crippen molar-refractivity contribution >= 4 is 84.6 Å². The first-order chi connectivity index (χ1) is 42.6.